The molecule has 2 amide bonds. The molecule has 2 saturated heterocycles. The maximum atomic E-state index is 12.8. The van der Waals surface area contributed by atoms with Gasteiger partial charge in [0.15, 0.2) is 0 Å². The number of piperidine rings is 1. The molecular weight excluding hydrogens is 340 g/mol. The van der Waals surface area contributed by atoms with Gasteiger partial charge in [-0.3, -0.25) is 9.59 Å². The van der Waals surface area contributed by atoms with Gasteiger partial charge in [0, 0.05) is 43.8 Å². The first kappa shape index (κ1) is 19.9. The van der Waals surface area contributed by atoms with E-state index in [0.29, 0.717) is 26.3 Å². The van der Waals surface area contributed by atoms with Crippen LogP contribution in [-0.4, -0.2) is 43.0 Å². The molecule has 0 radical (unpaired) electrons. The first-order chi connectivity index (χ1) is 12.9. The third-order valence-electron chi connectivity index (χ3n) is 5.74. The zero-order valence-corrected chi connectivity index (χ0v) is 16.8. The minimum atomic E-state index is -0.0308. The Kier molecular flexibility index (Phi) is 6.20. The van der Waals surface area contributed by atoms with Gasteiger partial charge in [-0.25, -0.2) is 0 Å². The van der Waals surface area contributed by atoms with Gasteiger partial charge in [-0.2, -0.15) is 0 Å². The Hall–Kier alpha value is -1.88. The van der Waals surface area contributed by atoms with Crippen LogP contribution in [0.1, 0.15) is 52.0 Å². The Morgan fingerprint density at radius 2 is 1.63 bits per heavy atom. The summed E-state index contributed by atoms with van der Waals surface area (Å²) in [4.78, 5) is 27.4. The molecule has 2 aliphatic heterocycles. The minimum Gasteiger partial charge on any atom is -0.381 e. The number of likely N-dealkylation sites (tertiary alicyclic amines) is 1. The van der Waals surface area contributed by atoms with Crippen LogP contribution in [0.4, 0.5) is 5.69 Å². The highest BCUT2D eigenvalue weighted by Crippen LogP contribution is 2.30. The van der Waals surface area contributed by atoms with Crippen LogP contribution in [0.5, 0.6) is 0 Å². The summed E-state index contributed by atoms with van der Waals surface area (Å²) in [6, 6.07) is 8.02. The second-order valence-corrected chi connectivity index (χ2v) is 8.77. The van der Waals surface area contributed by atoms with Crippen molar-refractivity contribution in [3.05, 3.63) is 29.8 Å². The Bertz CT molecular complexity index is 666. The summed E-state index contributed by atoms with van der Waals surface area (Å²) in [7, 11) is 0. The largest absolute Gasteiger partial charge is 0.381 e. The van der Waals surface area contributed by atoms with Gasteiger partial charge in [0.2, 0.25) is 11.8 Å². The lowest BCUT2D eigenvalue weighted by Gasteiger charge is -2.35. The van der Waals surface area contributed by atoms with E-state index < -0.39 is 0 Å². The highest BCUT2D eigenvalue weighted by Gasteiger charge is 2.32. The molecule has 0 bridgehead atoms. The molecule has 27 heavy (non-hydrogen) atoms. The van der Waals surface area contributed by atoms with E-state index in [9.17, 15) is 9.59 Å². The van der Waals surface area contributed by atoms with Gasteiger partial charge in [-0.05, 0) is 42.7 Å². The molecule has 3 rings (SSSR count). The number of ether oxygens (including phenoxy) is 1. The number of nitrogens with one attached hydrogen (secondary N) is 1. The molecule has 5 heteroatoms. The normalized spacial score (nSPS) is 19.7. The molecule has 1 N–H and O–H groups in total. The molecule has 148 valence electrons. The van der Waals surface area contributed by atoms with Crippen molar-refractivity contribution in [3.63, 3.8) is 0 Å². The molecular formula is C22H32N2O3. The predicted octanol–water partition coefficient (Wildman–Crippen LogP) is 3.59. The first-order valence-corrected chi connectivity index (χ1v) is 10.1. The lowest BCUT2D eigenvalue weighted by atomic mass is 9.85. The van der Waals surface area contributed by atoms with Crippen LogP contribution in [0.25, 0.3) is 0 Å². The van der Waals surface area contributed by atoms with Crippen molar-refractivity contribution < 1.29 is 14.3 Å². The second-order valence-electron chi connectivity index (χ2n) is 8.77. The number of benzene rings is 1. The molecule has 0 saturated carbocycles. The van der Waals surface area contributed by atoms with Gasteiger partial charge in [0.05, 0.1) is 0 Å². The number of carbonyl (C=O) groups excluding carboxylic acids is 2. The van der Waals surface area contributed by atoms with Gasteiger partial charge < -0.3 is 15.0 Å². The first-order valence-electron chi connectivity index (χ1n) is 10.1. The van der Waals surface area contributed by atoms with Gasteiger partial charge in [0.1, 0.15) is 0 Å². The molecule has 2 heterocycles. The maximum Gasteiger partial charge on any atom is 0.227 e. The Labute approximate surface area is 162 Å². The van der Waals surface area contributed by atoms with E-state index in [2.05, 4.69) is 32.2 Å². The monoisotopic (exact) mass is 372 g/mol. The number of hydrogen-bond donors (Lipinski definition) is 1. The minimum absolute atomic E-state index is 0.0244. The van der Waals surface area contributed by atoms with Crippen molar-refractivity contribution >= 4 is 17.5 Å². The highest BCUT2D eigenvalue weighted by atomic mass is 16.5. The van der Waals surface area contributed by atoms with Crippen molar-refractivity contribution in [3.8, 4) is 0 Å². The summed E-state index contributed by atoms with van der Waals surface area (Å²) in [6.45, 7) is 9.17. The number of para-hydroxylation sites is 1. The van der Waals surface area contributed by atoms with Crippen molar-refractivity contribution in [1.29, 1.82) is 0 Å². The average Bonchev–Trinajstić information content (AvgIpc) is 2.68. The van der Waals surface area contributed by atoms with Gasteiger partial charge in [0.25, 0.3) is 0 Å². The van der Waals surface area contributed by atoms with Crippen LogP contribution in [0.3, 0.4) is 0 Å². The molecule has 1 aromatic carbocycles. The number of amides is 2. The molecule has 5 nitrogen and oxygen atoms in total. The van der Waals surface area contributed by atoms with Crippen LogP contribution in [0.2, 0.25) is 0 Å². The molecule has 2 aliphatic rings. The van der Waals surface area contributed by atoms with Crippen molar-refractivity contribution in [2.45, 2.75) is 51.9 Å². The van der Waals surface area contributed by atoms with Gasteiger partial charge in [-0.15, -0.1) is 0 Å². The third kappa shape index (κ3) is 4.89. The lowest BCUT2D eigenvalue weighted by Crippen LogP contribution is -2.45. The number of anilines is 1. The van der Waals surface area contributed by atoms with Gasteiger partial charge >= 0.3 is 0 Å². The lowest BCUT2D eigenvalue weighted by molar-refractivity contribution is -0.141. The fraction of sp³-hybridized carbons (Fsp3) is 0.636. The van der Waals surface area contributed by atoms with Crippen LogP contribution in [0, 0.1) is 11.8 Å². The molecule has 2 fully saturated rings. The predicted molar refractivity (Wildman–Crippen MR) is 107 cm³/mol. The number of nitrogens with zero attached hydrogens (tertiary/aromatic N) is 1. The maximum absolute atomic E-state index is 12.8. The van der Waals surface area contributed by atoms with E-state index in [1.165, 1.54) is 0 Å². The quantitative estimate of drug-likeness (QED) is 0.882. The van der Waals surface area contributed by atoms with Crippen molar-refractivity contribution in [2.24, 2.45) is 11.8 Å². The van der Waals surface area contributed by atoms with Crippen LogP contribution in [-0.2, 0) is 19.7 Å². The van der Waals surface area contributed by atoms with E-state index in [0.717, 1.165) is 36.9 Å². The molecule has 0 atom stereocenters. The Balaban J connectivity index is 1.55. The molecule has 1 aromatic rings. The van der Waals surface area contributed by atoms with Crippen molar-refractivity contribution in [1.82, 2.24) is 4.90 Å². The summed E-state index contributed by atoms with van der Waals surface area (Å²) >= 11 is 0. The summed E-state index contributed by atoms with van der Waals surface area (Å²) < 4.78 is 5.35. The van der Waals surface area contributed by atoms with E-state index in [-0.39, 0.29) is 29.1 Å². The summed E-state index contributed by atoms with van der Waals surface area (Å²) in [6.07, 6.45) is 3.11. The summed E-state index contributed by atoms with van der Waals surface area (Å²) in [5.41, 5.74) is 2.02. The number of rotatable bonds is 3. The van der Waals surface area contributed by atoms with E-state index in [4.69, 9.17) is 4.74 Å². The Morgan fingerprint density at radius 1 is 1.00 bits per heavy atom. The second kappa shape index (κ2) is 8.42. The highest BCUT2D eigenvalue weighted by molar-refractivity contribution is 5.93. The number of carbonyl (C=O) groups is 2. The topological polar surface area (TPSA) is 58.6 Å². The van der Waals surface area contributed by atoms with Crippen LogP contribution >= 0.6 is 0 Å². The number of hydrogen-bond acceptors (Lipinski definition) is 3. The molecule has 0 spiro atoms. The van der Waals surface area contributed by atoms with E-state index in [1.54, 1.807) is 0 Å². The van der Waals surface area contributed by atoms with E-state index in [1.807, 2.05) is 23.1 Å². The molecule has 0 aromatic heterocycles. The third-order valence-corrected chi connectivity index (χ3v) is 5.74. The fourth-order valence-electron chi connectivity index (χ4n) is 4.05. The Morgan fingerprint density at radius 3 is 2.26 bits per heavy atom. The smallest absolute Gasteiger partial charge is 0.227 e. The van der Waals surface area contributed by atoms with Gasteiger partial charge in [-0.1, -0.05) is 39.0 Å². The standard InChI is InChI=1S/C22H32N2O3/c1-22(2,3)18-6-4-5-7-19(18)23-20(25)16-8-12-24(13-9-16)21(26)17-10-14-27-15-11-17/h4-7,16-17H,8-15H2,1-3H3,(H,23,25). The van der Waals surface area contributed by atoms with Crippen LogP contribution in [0.15, 0.2) is 24.3 Å². The molecule has 0 aliphatic carbocycles. The van der Waals surface area contributed by atoms with Crippen molar-refractivity contribution in [2.75, 3.05) is 31.6 Å². The summed E-state index contributed by atoms with van der Waals surface area (Å²) in [5, 5.41) is 3.14. The average molecular weight is 373 g/mol. The zero-order chi connectivity index (χ0) is 19.4. The van der Waals surface area contributed by atoms with Crippen LogP contribution < -0.4 is 5.32 Å². The SMILES string of the molecule is CC(C)(C)c1ccccc1NC(=O)C1CCN(C(=O)C2CCOCC2)CC1. The van der Waals surface area contributed by atoms with E-state index >= 15 is 0 Å². The summed E-state index contributed by atoms with van der Waals surface area (Å²) in [5.74, 6) is 0.389. The zero-order valence-electron chi connectivity index (χ0n) is 16.8. The molecule has 0 unspecified atom stereocenters. The fourth-order valence-corrected chi connectivity index (χ4v) is 4.05.